The van der Waals surface area contributed by atoms with Crippen LogP contribution in [0.1, 0.15) is 10.5 Å². The van der Waals surface area contributed by atoms with Gasteiger partial charge in [-0.15, -0.1) is 0 Å². The first-order valence-electron chi connectivity index (χ1n) is 6.57. The molecule has 5 nitrogen and oxygen atoms in total. The standard InChI is InChI=1S/C16H14N4O/c1-17-14-9-15(20-13-7-3-2-6-12(13)14)16(21)19-11-5-4-8-18-10-11/h2-10H,1H3,(H,17,20)(H,19,21). The Labute approximate surface area is 122 Å². The number of carbonyl (C=O) groups is 1. The number of aromatic nitrogens is 2. The Balaban J connectivity index is 1.98. The zero-order valence-electron chi connectivity index (χ0n) is 11.5. The lowest BCUT2D eigenvalue weighted by Gasteiger charge is -2.09. The largest absolute Gasteiger partial charge is 0.388 e. The average molecular weight is 278 g/mol. The van der Waals surface area contributed by atoms with Crippen LogP contribution < -0.4 is 10.6 Å². The summed E-state index contributed by atoms with van der Waals surface area (Å²) < 4.78 is 0. The van der Waals surface area contributed by atoms with E-state index in [0.717, 1.165) is 16.6 Å². The number of nitrogens with one attached hydrogen (secondary N) is 2. The third-order valence-electron chi connectivity index (χ3n) is 3.14. The predicted molar refractivity (Wildman–Crippen MR) is 83.5 cm³/mol. The van der Waals surface area contributed by atoms with Gasteiger partial charge in [-0.3, -0.25) is 9.78 Å². The molecule has 0 atom stereocenters. The summed E-state index contributed by atoms with van der Waals surface area (Å²) in [6.07, 6.45) is 3.25. The van der Waals surface area contributed by atoms with Gasteiger partial charge in [0.25, 0.3) is 5.91 Å². The minimum atomic E-state index is -0.259. The Morgan fingerprint density at radius 1 is 1.14 bits per heavy atom. The summed E-state index contributed by atoms with van der Waals surface area (Å²) in [4.78, 5) is 20.7. The third kappa shape index (κ3) is 2.67. The molecular weight excluding hydrogens is 264 g/mol. The van der Waals surface area contributed by atoms with Gasteiger partial charge in [0.1, 0.15) is 5.69 Å². The van der Waals surface area contributed by atoms with Gasteiger partial charge in [0.2, 0.25) is 0 Å². The van der Waals surface area contributed by atoms with E-state index in [4.69, 9.17) is 0 Å². The summed E-state index contributed by atoms with van der Waals surface area (Å²) in [5, 5.41) is 6.86. The quantitative estimate of drug-likeness (QED) is 0.773. The van der Waals surface area contributed by atoms with Crippen molar-refractivity contribution >= 4 is 28.2 Å². The van der Waals surface area contributed by atoms with Crippen LogP contribution in [0.2, 0.25) is 0 Å². The number of para-hydroxylation sites is 1. The van der Waals surface area contributed by atoms with E-state index in [1.54, 1.807) is 30.6 Å². The molecule has 2 aromatic heterocycles. The number of amides is 1. The Bertz CT molecular complexity index is 787. The number of hydrogen-bond acceptors (Lipinski definition) is 4. The molecule has 1 aromatic carbocycles. The van der Waals surface area contributed by atoms with Gasteiger partial charge in [-0.05, 0) is 24.3 Å². The van der Waals surface area contributed by atoms with Crippen molar-refractivity contribution in [3.05, 3.63) is 60.6 Å². The van der Waals surface area contributed by atoms with Gasteiger partial charge in [-0.2, -0.15) is 0 Å². The molecule has 0 aliphatic carbocycles. The summed E-state index contributed by atoms with van der Waals surface area (Å²) >= 11 is 0. The maximum atomic E-state index is 12.3. The SMILES string of the molecule is CNc1cc(C(=O)Nc2cccnc2)nc2ccccc12. The lowest BCUT2D eigenvalue weighted by Crippen LogP contribution is -2.14. The van der Waals surface area contributed by atoms with Gasteiger partial charge in [0.15, 0.2) is 0 Å². The third-order valence-corrected chi connectivity index (χ3v) is 3.14. The molecule has 1 amide bonds. The first kappa shape index (κ1) is 13.1. The summed E-state index contributed by atoms with van der Waals surface area (Å²) in [5.41, 5.74) is 2.66. The van der Waals surface area contributed by atoms with Crippen molar-refractivity contribution in [2.45, 2.75) is 0 Å². The minimum Gasteiger partial charge on any atom is -0.388 e. The number of hydrogen-bond donors (Lipinski definition) is 2. The van der Waals surface area contributed by atoms with E-state index in [9.17, 15) is 4.79 Å². The first-order chi connectivity index (χ1) is 10.3. The lowest BCUT2D eigenvalue weighted by atomic mass is 10.1. The van der Waals surface area contributed by atoms with E-state index in [0.29, 0.717) is 11.4 Å². The van der Waals surface area contributed by atoms with E-state index in [1.165, 1.54) is 0 Å². The molecular formula is C16H14N4O. The average Bonchev–Trinajstić information content (AvgIpc) is 2.54. The number of benzene rings is 1. The Morgan fingerprint density at radius 3 is 2.76 bits per heavy atom. The molecule has 5 heteroatoms. The fourth-order valence-corrected chi connectivity index (χ4v) is 2.13. The zero-order chi connectivity index (χ0) is 14.7. The second-order valence-electron chi connectivity index (χ2n) is 4.52. The van der Waals surface area contributed by atoms with Crippen LogP contribution in [-0.4, -0.2) is 22.9 Å². The van der Waals surface area contributed by atoms with Crippen molar-refractivity contribution in [2.24, 2.45) is 0 Å². The van der Waals surface area contributed by atoms with E-state index in [-0.39, 0.29) is 5.91 Å². The van der Waals surface area contributed by atoms with Crippen LogP contribution in [0.4, 0.5) is 11.4 Å². The summed E-state index contributed by atoms with van der Waals surface area (Å²) in [6.45, 7) is 0. The number of anilines is 2. The number of rotatable bonds is 3. The van der Waals surface area contributed by atoms with Crippen molar-refractivity contribution in [3.8, 4) is 0 Å². The number of fused-ring (bicyclic) bond motifs is 1. The molecule has 3 rings (SSSR count). The molecule has 0 unspecified atom stereocenters. The Morgan fingerprint density at radius 2 is 2.00 bits per heavy atom. The second kappa shape index (κ2) is 5.58. The van der Waals surface area contributed by atoms with Crippen LogP contribution >= 0.6 is 0 Å². The maximum Gasteiger partial charge on any atom is 0.274 e. The number of pyridine rings is 2. The van der Waals surface area contributed by atoms with Crippen LogP contribution in [0.15, 0.2) is 54.9 Å². The van der Waals surface area contributed by atoms with Gasteiger partial charge < -0.3 is 10.6 Å². The smallest absolute Gasteiger partial charge is 0.274 e. The van der Waals surface area contributed by atoms with Crippen molar-refractivity contribution in [3.63, 3.8) is 0 Å². The zero-order valence-corrected chi connectivity index (χ0v) is 11.5. The van der Waals surface area contributed by atoms with Crippen LogP contribution in [-0.2, 0) is 0 Å². The molecule has 0 radical (unpaired) electrons. The van der Waals surface area contributed by atoms with Crippen molar-refractivity contribution in [1.29, 1.82) is 0 Å². The molecule has 2 N–H and O–H groups in total. The molecule has 3 aromatic rings. The Kier molecular flexibility index (Phi) is 3.47. The van der Waals surface area contributed by atoms with Crippen LogP contribution in [0.5, 0.6) is 0 Å². The van der Waals surface area contributed by atoms with Crippen molar-refractivity contribution in [1.82, 2.24) is 9.97 Å². The predicted octanol–water partition coefficient (Wildman–Crippen LogP) is 2.92. The molecule has 2 heterocycles. The molecule has 0 spiro atoms. The van der Waals surface area contributed by atoms with E-state index in [1.807, 2.05) is 31.3 Å². The minimum absolute atomic E-state index is 0.259. The van der Waals surface area contributed by atoms with Crippen LogP contribution in [0, 0.1) is 0 Å². The molecule has 0 bridgehead atoms. The second-order valence-corrected chi connectivity index (χ2v) is 4.52. The fraction of sp³-hybridized carbons (Fsp3) is 0.0625. The first-order valence-corrected chi connectivity index (χ1v) is 6.57. The highest BCUT2D eigenvalue weighted by molar-refractivity contribution is 6.06. The van der Waals surface area contributed by atoms with Crippen molar-refractivity contribution < 1.29 is 4.79 Å². The van der Waals surface area contributed by atoms with E-state index < -0.39 is 0 Å². The molecule has 0 saturated heterocycles. The van der Waals surface area contributed by atoms with E-state index in [2.05, 4.69) is 20.6 Å². The van der Waals surface area contributed by atoms with Gasteiger partial charge >= 0.3 is 0 Å². The van der Waals surface area contributed by atoms with Gasteiger partial charge in [0, 0.05) is 24.3 Å². The van der Waals surface area contributed by atoms with Gasteiger partial charge in [-0.1, -0.05) is 18.2 Å². The molecule has 0 aliphatic heterocycles. The summed E-state index contributed by atoms with van der Waals surface area (Å²) in [5.74, 6) is -0.259. The summed E-state index contributed by atoms with van der Waals surface area (Å²) in [6, 6.07) is 13.0. The monoisotopic (exact) mass is 278 g/mol. The van der Waals surface area contributed by atoms with Gasteiger partial charge in [-0.25, -0.2) is 4.98 Å². The number of carbonyl (C=O) groups excluding carboxylic acids is 1. The lowest BCUT2D eigenvalue weighted by molar-refractivity contribution is 0.102. The highest BCUT2D eigenvalue weighted by atomic mass is 16.1. The Hall–Kier alpha value is -2.95. The highest BCUT2D eigenvalue weighted by Crippen LogP contribution is 2.23. The number of nitrogens with zero attached hydrogens (tertiary/aromatic N) is 2. The molecule has 0 saturated carbocycles. The van der Waals surface area contributed by atoms with Crippen LogP contribution in [0.3, 0.4) is 0 Å². The van der Waals surface area contributed by atoms with Crippen LogP contribution in [0.25, 0.3) is 10.9 Å². The summed E-state index contributed by atoms with van der Waals surface area (Å²) in [7, 11) is 1.82. The molecule has 104 valence electrons. The highest BCUT2D eigenvalue weighted by Gasteiger charge is 2.11. The topological polar surface area (TPSA) is 66.9 Å². The molecule has 21 heavy (non-hydrogen) atoms. The maximum absolute atomic E-state index is 12.3. The van der Waals surface area contributed by atoms with Gasteiger partial charge in [0.05, 0.1) is 17.4 Å². The van der Waals surface area contributed by atoms with Crippen molar-refractivity contribution in [2.75, 3.05) is 17.7 Å². The molecule has 0 fully saturated rings. The van der Waals surface area contributed by atoms with E-state index >= 15 is 0 Å². The fourth-order valence-electron chi connectivity index (χ4n) is 2.13. The normalized spacial score (nSPS) is 10.3. The molecule has 0 aliphatic rings.